The molecule has 0 N–H and O–H groups in total. The summed E-state index contributed by atoms with van der Waals surface area (Å²) in [7, 11) is -3.46. The van der Waals surface area contributed by atoms with E-state index in [2.05, 4.69) is 38.1 Å². The first kappa shape index (κ1) is 16.4. The van der Waals surface area contributed by atoms with Gasteiger partial charge in [-0.15, -0.1) is 0 Å². The monoisotopic (exact) mass is 353 g/mol. The van der Waals surface area contributed by atoms with E-state index >= 15 is 0 Å². The summed E-state index contributed by atoms with van der Waals surface area (Å²) in [5.74, 6) is 0.360. The van der Waals surface area contributed by atoms with Gasteiger partial charge in [0.05, 0.1) is 4.90 Å². The quantitative estimate of drug-likeness (QED) is 0.833. The van der Waals surface area contributed by atoms with Gasteiger partial charge in [0.15, 0.2) is 0 Å². The number of allylic oxidation sites excluding steroid dienone is 1. The first-order chi connectivity index (χ1) is 11.8. The van der Waals surface area contributed by atoms with Crippen molar-refractivity contribution in [1.29, 1.82) is 0 Å². The Morgan fingerprint density at radius 1 is 0.960 bits per heavy atom. The first-order valence-corrected chi connectivity index (χ1v) is 10.1. The molecule has 25 heavy (non-hydrogen) atoms. The van der Waals surface area contributed by atoms with Crippen molar-refractivity contribution in [2.45, 2.75) is 37.5 Å². The van der Waals surface area contributed by atoms with Crippen molar-refractivity contribution < 1.29 is 8.42 Å². The molecule has 130 valence electrons. The number of nitrogens with zero attached hydrogens (tertiary/aromatic N) is 1. The summed E-state index contributed by atoms with van der Waals surface area (Å²) in [4.78, 5) is 0.363. The van der Waals surface area contributed by atoms with Crippen LogP contribution in [0.3, 0.4) is 0 Å². The van der Waals surface area contributed by atoms with Crippen LogP contribution >= 0.6 is 0 Å². The lowest BCUT2D eigenvalue weighted by Crippen LogP contribution is -2.33. The largest absolute Gasteiger partial charge is 0.273 e. The van der Waals surface area contributed by atoms with E-state index in [0.29, 0.717) is 17.4 Å². The molecule has 2 aromatic rings. The van der Waals surface area contributed by atoms with Gasteiger partial charge in [-0.2, -0.15) is 0 Å². The van der Waals surface area contributed by atoms with Crippen molar-refractivity contribution >= 4 is 10.0 Å². The predicted octanol–water partition coefficient (Wildman–Crippen LogP) is 4.09. The number of hydrogen-bond donors (Lipinski definition) is 0. The molecule has 0 amide bonds. The zero-order valence-corrected chi connectivity index (χ0v) is 15.7. The van der Waals surface area contributed by atoms with Crippen LogP contribution in [0.25, 0.3) is 0 Å². The summed E-state index contributed by atoms with van der Waals surface area (Å²) >= 11 is 0. The average molecular weight is 353 g/mol. The number of sulfonamides is 1. The van der Waals surface area contributed by atoms with Crippen molar-refractivity contribution in [1.82, 2.24) is 4.31 Å². The van der Waals surface area contributed by atoms with E-state index in [1.807, 2.05) is 19.1 Å². The minimum Gasteiger partial charge on any atom is -0.273 e. The van der Waals surface area contributed by atoms with Crippen LogP contribution in [0, 0.1) is 26.7 Å². The van der Waals surface area contributed by atoms with Gasteiger partial charge in [-0.25, -0.2) is 8.42 Å². The van der Waals surface area contributed by atoms with Crippen molar-refractivity contribution in [2.24, 2.45) is 5.92 Å². The lowest BCUT2D eigenvalue weighted by molar-refractivity contribution is 0.451. The minimum absolute atomic E-state index is 0.0239. The molecule has 0 bridgehead atoms. The fourth-order valence-corrected chi connectivity index (χ4v) is 5.34. The molecule has 1 fully saturated rings. The minimum atomic E-state index is -3.46. The summed E-state index contributed by atoms with van der Waals surface area (Å²) in [6.07, 6.45) is 4.89. The molecule has 1 heterocycles. The molecule has 1 aliphatic heterocycles. The second-order valence-corrected chi connectivity index (χ2v) is 9.41. The fourth-order valence-electron chi connectivity index (χ4n) is 3.99. The summed E-state index contributed by atoms with van der Waals surface area (Å²) in [6, 6.07) is 13.7. The lowest BCUT2D eigenvalue weighted by atomic mass is 9.89. The second-order valence-electron chi connectivity index (χ2n) is 7.52. The highest BCUT2D eigenvalue weighted by Gasteiger charge is 2.56. The second kappa shape index (κ2) is 5.46. The molecule has 2 atom stereocenters. The molecule has 2 aliphatic rings. The van der Waals surface area contributed by atoms with Crippen LogP contribution in [-0.4, -0.2) is 19.3 Å². The van der Waals surface area contributed by atoms with Gasteiger partial charge >= 0.3 is 0 Å². The first-order valence-electron chi connectivity index (χ1n) is 8.68. The average Bonchev–Trinajstić information content (AvgIpc) is 3.29. The van der Waals surface area contributed by atoms with Crippen LogP contribution in [0.15, 0.2) is 59.6 Å². The van der Waals surface area contributed by atoms with Crippen LogP contribution in [0.5, 0.6) is 0 Å². The third-order valence-corrected chi connectivity index (χ3v) is 7.23. The van der Waals surface area contributed by atoms with Crippen LogP contribution in [0.1, 0.15) is 28.7 Å². The Kier molecular flexibility index (Phi) is 3.58. The summed E-state index contributed by atoms with van der Waals surface area (Å²) in [5.41, 5.74) is 4.93. The van der Waals surface area contributed by atoms with Gasteiger partial charge in [0.1, 0.15) is 0 Å². The number of fused-ring (bicyclic) bond motifs is 1. The highest BCUT2D eigenvalue weighted by molar-refractivity contribution is 7.89. The maximum absolute atomic E-state index is 12.9. The molecular weight excluding hydrogens is 330 g/mol. The molecule has 0 unspecified atom stereocenters. The van der Waals surface area contributed by atoms with E-state index in [1.54, 1.807) is 18.3 Å². The van der Waals surface area contributed by atoms with E-state index in [4.69, 9.17) is 0 Å². The van der Waals surface area contributed by atoms with Crippen molar-refractivity contribution in [2.75, 3.05) is 6.54 Å². The number of benzene rings is 2. The molecule has 4 rings (SSSR count). The molecule has 0 aromatic heterocycles. The number of hydrogen-bond acceptors (Lipinski definition) is 2. The van der Waals surface area contributed by atoms with Crippen molar-refractivity contribution in [3.63, 3.8) is 0 Å². The van der Waals surface area contributed by atoms with E-state index < -0.39 is 10.0 Å². The molecule has 1 saturated carbocycles. The molecule has 0 spiro atoms. The summed E-state index contributed by atoms with van der Waals surface area (Å²) < 4.78 is 27.3. The third kappa shape index (κ3) is 2.69. The highest BCUT2D eigenvalue weighted by Crippen LogP contribution is 2.58. The van der Waals surface area contributed by atoms with Gasteiger partial charge in [-0.05, 0) is 50.8 Å². The Morgan fingerprint density at radius 3 is 2.20 bits per heavy atom. The van der Waals surface area contributed by atoms with Gasteiger partial charge in [-0.3, -0.25) is 4.31 Å². The third-order valence-electron chi connectivity index (χ3n) is 5.48. The van der Waals surface area contributed by atoms with E-state index in [-0.39, 0.29) is 5.41 Å². The van der Waals surface area contributed by atoms with E-state index in [9.17, 15) is 8.42 Å². The Hall–Kier alpha value is -2.07. The van der Waals surface area contributed by atoms with Crippen LogP contribution in [0.4, 0.5) is 0 Å². The smallest absolute Gasteiger partial charge is 0.263 e. The predicted molar refractivity (Wildman–Crippen MR) is 99.9 cm³/mol. The van der Waals surface area contributed by atoms with Crippen LogP contribution in [-0.2, 0) is 15.4 Å². The molecule has 1 aliphatic carbocycles. The maximum atomic E-state index is 12.9. The normalized spacial score (nSPS) is 24.9. The Balaban J connectivity index is 1.64. The van der Waals surface area contributed by atoms with Gasteiger partial charge in [0.25, 0.3) is 10.0 Å². The number of rotatable bonds is 3. The van der Waals surface area contributed by atoms with Crippen LogP contribution < -0.4 is 0 Å². The molecule has 2 aromatic carbocycles. The van der Waals surface area contributed by atoms with Gasteiger partial charge in [0.2, 0.25) is 0 Å². The standard InChI is InChI=1S/C21H23NO2S/c1-15-4-6-20(7-5-15)25(23,24)22-9-8-21(13-19(21)14-22)18-11-16(2)10-17(3)12-18/h4-12,19H,13-14H2,1-3H3/t19-,21-/m0/s1. The lowest BCUT2D eigenvalue weighted by Gasteiger charge is -2.27. The molecule has 0 saturated heterocycles. The number of aryl methyl sites for hydroxylation is 3. The molecule has 0 radical (unpaired) electrons. The zero-order chi connectivity index (χ0) is 17.8. The molecular formula is C21H23NO2S. The van der Waals surface area contributed by atoms with Crippen LogP contribution in [0.2, 0.25) is 0 Å². The van der Waals surface area contributed by atoms with Crippen molar-refractivity contribution in [3.05, 3.63) is 77.0 Å². The zero-order valence-electron chi connectivity index (χ0n) is 14.9. The van der Waals surface area contributed by atoms with E-state index in [0.717, 1.165) is 12.0 Å². The maximum Gasteiger partial charge on any atom is 0.263 e. The Labute approximate surface area is 150 Å². The van der Waals surface area contributed by atoms with E-state index in [1.165, 1.54) is 21.0 Å². The fraction of sp³-hybridized carbons (Fsp3) is 0.333. The van der Waals surface area contributed by atoms with Crippen molar-refractivity contribution in [3.8, 4) is 0 Å². The molecule has 4 heteroatoms. The van der Waals surface area contributed by atoms with Gasteiger partial charge < -0.3 is 0 Å². The van der Waals surface area contributed by atoms with Gasteiger partial charge in [0, 0.05) is 18.2 Å². The van der Waals surface area contributed by atoms with Gasteiger partial charge in [-0.1, -0.05) is 53.1 Å². The Morgan fingerprint density at radius 2 is 1.60 bits per heavy atom. The SMILES string of the molecule is Cc1ccc(S(=O)(=O)N2C=C[C@@]3(c4cc(C)cc(C)c4)C[C@H]3C2)cc1. The highest BCUT2D eigenvalue weighted by atomic mass is 32.2. The summed E-state index contributed by atoms with van der Waals surface area (Å²) in [5, 5.41) is 0. The Bertz CT molecular complexity index is 940. The molecule has 3 nitrogen and oxygen atoms in total. The summed E-state index contributed by atoms with van der Waals surface area (Å²) in [6.45, 7) is 6.75. The topological polar surface area (TPSA) is 37.4 Å².